The molecule has 2 atom stereocenters. The quantitative estimate of drug-likeness (QED) is 0.764. The van der Waals surface area contributed by atoms with Gasteiger partial charge < -0.3 is 15.2 Å². The summed E-state index contributed by atoms with van der Waals surface area (Å²) in [4.78, 5) is 0. The first-order valence-electron chi connectivity index (χ1n) is 6.76. The number of nitrogens with one attached hydrogen (secondary N) is 1. The predicted octanol–water partition coefficient (Wildman–Crippen LogP) is 3.67. The molecule has 0 radical (unpaired) electrons. The molecule has 0 heterocycles. The third-order valence-electron chi connectivity index (χ3n) is 2.76. The lowest BCUT2D eigenvalue weighted by Gasteiger charge is -2.18. The van der Waals surface area contributed by atoms with E-state index in [0.29, 0.717) is 19.1 Å². The first-order valence-corrected chi connectivity index (χ1v) is 7.55. The third kappa shape index (κ3) is 7.55. The monoisotopic (exact) mass is 329 g/mol. The van der Waals surface area contributed by atoms with Crippen LogP contribution < -0.4 is 5.32 Å². The Morgan fingerprint density at radius 1 is 1.21 bits per heavy atom. The zero-order valence-electron chi connectivity index (χ0n) is 11.9. The summed E-state index contributed by atoms with van der Waals surface area (Å²) in [5.74, 6) is 0.619. The van der Waals surface area contributed by atoms with Gasteiger partial charge in [0.05, 0.1) is 18.8 Å². The Bertz CT molecular complexity index is 354. The number of rotatable bonds is 8. The Kier molecular flexibility index (Phi) is 7.42. The summed E-state index contributed by atoms with van der Waals surface area (Å²) in [6, 6.07) is 7.88. The van der Waals surface area contributed by atoms with Gasteiger partial charge in [0.1, 0.15) is 0 Å². The number of hydrogen-bond acceptors (Lipinski definition) is 3. The van der Waals surface area contributed by atoms with E-state index in [1.54, 1.807) is 0 Å². The van der Waals surface area contributed by atoms with Gasteiger partial charge in [-0.3, -0.25) is 0 Å². The number of anilines is 1. The zero-order chi connectivity index (χ0) is 14.3. The van der Waals surface area contributed by atoms with Gasteiger partial charge in [-0.05, 0) is 43.5 Å². The minimum atomic E-state index is -0.488. The maximum Gasteiger partial charge on any atom is 0.0945 e. The molecule has 0 aliphatic heterocycles. The summed E-state index contributed by atoms with van der Waals surface area (Å²) in [6.45, 7) is 7.26. The van der Waals surface area contributed by atoms with Gasteiger partial charge in [-0.1, -0.05) is 29.8 Å². The van der Waals surface area contributed by atoms with Gasteiger partial charge in [-0.15, -0.1) is 0 Å². The molecule has 1 aromatic rings. The largest absolute Gasteiger partial charge is 0.389 e. The van der Waals surface area contributed by atoms with Crippen molar-refractivity contribution >= 4 is 21.6 Å². The summed E-state index contributed by atoms with van der Waals surface area (Å²) in [7, 11) is 0. The third-order valence-corrected chi connectivity index (χ3v) is 3.29. The predicted molar refractivity (Wildman–Crippen MR) is 83.5 cm³/mol. The van der Waals surface area contributed by atoms with Crippen LogP contribution in [0.1, 0.15) is 27.2 Å². The molecule has 2 N–H and O–H groups in total. The van der Waals surface area contributed by atoms with E-state index >= 15 is 0 Å². The standard InChI is InChI=1S/C15H24BrNO2/c1-11(2)8-12(3)19-10-15(18)9-17-14-6-4-13(16)5-7-14/h4-7,11-12,15,17-18H,8-10H2,1-3H3. The van der Waals surface area contributed by atoms with E-state index in [4.69, 9.17) is 4.74 Å². The Hall–Kier alpha value is -0.580. The van der Waals surface area contributed by atoms with Crippen LogP contribution in [0.25, 0.3) is 0 Å². The molecular formula is C15H24BrNO2. The van der Waals surface area contributed by atoms with Crippen molar-refractivity contribution in [2.45, 2.75) is 39.4 Å². The second-order valence-corrected chi connectivity index (χ2v) is 6.23. The lowest BCUT2D eigenvalue weighted by atomic mass is 10.1. The van der Waals surface area contributed by atoms with Crippen LogP contribution in [0.15, 0.2) is 28.7 Å². The Balaban J connectivity index is 2.20. The molecule has 19 heavy (non-hydrogen) atoms. The van der Waals surface area contributed by atoms with Gasteiger partial charge in [0.2, 0.25) is 0 Å². The van der Waals surface area contributed by atoms with E-state index in [1.807, 2.05) is 24.3 Å². The minimum absolute atomic E-state index is 0.197. The summed E-state index contributed by atoms with van der Waals surface area (Å²) < 4.78 is 6.67. The maximum absolute atomic E-state index is 9.85. The Morgan fingerprint density at radius 3 is 2.42 bits per heavy atom. The van der Waals surface area contributed by atoms with Crippen molar-refractivity contribution in [2.24, 2.45) is 5.92 Å². The SMILES string of the molecule is CC(C)CC(C)OCC(O)CNc1ccc(Br)cc1. The smallest absolute Gasteiger partial charge is 0.0945 e. The molecule has 4 heteroatoms. The van der Waals surface area contributed by atoms with Crippen molar-refractivity contribution in [3.63, 3.8) is 0 Å². The van der Waals surface area contributed by atoms with Gasteiger partial charge in [0, 0.05) is 16.7 Å². The number of benzene rings is 1. The fraction of sp³-hybridized carbons (Fsp3) is 0.600. The van der Waals surface area contributed by atoms with Gasteiger partial charge >= 0.3 is 0 Å². The van der Waals surface area contributed by atoms with Crippen molar-refractivity contribution in [1.29, 1.82) is 0 Å². The van der Waals surface area contributed by atoms with E-state index in [9.17, 15) is 5.11 Å². The van der Waals surface area contributed by atoms with Crippen LogP contribution in [0, 0.1) is 5.92 Å². The first-order chi connectivity index (χ1) is 8.97. The van der Waals surface area contributed by atoms with Crippen LogP contribution in [0.3, 0.4) is 0 Å². The van der Waals surface area contributed by atoms with Crippen molar-refractivity contribution < 1.29 is 9.84 Å². The molecule has 0 aromatic heterocycles. The summed E-state index contributed by atoms with van der Waals surface area (Å²) >= 11 is 3.39. The number of aliphatic hydroxyl groups is 1. The lowest BCUT2D eigenvalue weighted by molar-refractivity contribution is -0.00443. The van der Waals surface area contributed by atoms with Gasteiger partial charge in [-0.2, -0.15) is 0 Å². The highest BCUT2D eigenvalue weighted by molar-refractivity contribution is 9.10. The van der Waals surface area contributed by atoms with Crippen LogP contribution in [-0.2, 0) is 4.74 Å². The highest BCUT2D eigenvalue weighted by Crippen LogP contribution is 2.14. The molecule has 0 spiro atoms. The zero-order valence-corrected chi connectivity index (χ0v) is 13.5. The average molecular weight is 330 g/mol. The second-order valence-electron chi connectivity index (χ2n) is 5.32. The fourth-order valence-electron chi connectivity index (χ4n) is 1.87. The lowest BCUT2D eigenvalue weighted by Crippen LogP contribution is -2.27. The molecule has 1 rings (SSSR count). The number of aliphatic hydroxyl groups excluding tert-OH is 1. The van der Waals surface area contributed by atoms with Crippen LogP contribution in [0.2, 0.25) is 0 Å². The molecule has 0 bridgehead atoms. The second kappa shape index (κ2) is 8.56. The van der Waals surface area contributed by atoms with Crippen molar-refractivity contribution in [2.75, 3.05) is 18.5 Å². The number of hydrogen-bond donors (Lipinski definition) is 2. The van der Waals surface area contributed by atoms with Crippen LogP contribution in [0.4, 0.5) is 5.69 Å². The highest BCUT2D eigenvalue weighted by atomic mass is 79.9. The summed E-state index contributed by atoms with van der Waals surface area (Å²) in [6.07, 6.45) is 0.730. The van der Waals surface area contributed by atoms with Gasteiger partial charge in [0.15, 0.2) is 0 Å². The molecule has 3 nitrogen and oxygen atoms in total. The summed E-state index contributed by atoms with van der Waals surface area (Å²) in [5.41, 5.74) is 0.998. The molecule has 0 amide bonds. The van der Waals surface area contributed by atoms with Crippen LogP contribution in [0.5, 0.6) is 0 Å². The molecule has 0 aliphatic carbocycles. The van der Waals surface area contributed by atoms with E-state index in [2.05, 4.69) is 42.0 Å². The van der Waals surface area contributed by atoms with E-state index in [1.165, 1.54) is 0 Å². The molecule has 2 unspecified atom stereocenters. The molecule has 0 saturated heterocycles. The Morgan fingerprint density at radius 2 is 1.84 bits per heavy atom. The summed E-state index contributed by atoms with van der Waals surface area (Å²) in [5, 5.41) is 13.0. The van der Waals surface area contributed by atoms with Crippen molar-refractivity contribution in [3.8, 4) is 0 Å². The van der Waals surface area contributed by atoms with Crippen molar-refractivity contribution in [3.05, 3.63) is 28.7 Å². The maximum atomic E-state index is 9.85. The van der Waals surface area contributed by atoms with Crippen LogP contribution in [-0.4, -0.2) is 30.5 Å². The molecule has 0 saturated carbocycles. The number of halogens is 1. The van der Waals surface area contributed by atoms with Gasteiger partial charge in [-0.25, -0.2) is 0 Å². The molecular weight excluding hydrogens is 306 g/mol. The van der Waals surface area contributed by atoms with Crippen LogP contribution >= 0.6 is 15.9 Å². The average Bonchev–Trinajstić information content (AvgIpc) is 2.35. The first kappa shape index (κ1) is 16.5. The van der Waals surface area contributed by atoms with E-state index < -0.39 is 6.10 Å². The topological polar surface area (TPSA) is 41.5 Å². The van der Waals surface area contributed by atoms with E-state index in [0.717, 1.165) is 16.6 Å². The van der Waals surface area contributed by atoms with Gasteiger partial charge in [0.25, 0.3) is 0 Å². The fourth-order valence-corrected chi connectivity index (χ4v) is 2.13. The Labute approximate surface area is 124 Å². The normalized spacial score (nSPS) is 14.4. The number of ether oxygens (including phenoxy) is 1. The van der Waals surface area contributed by atoms with E-state index in [-0.39, 0.29) is 6.10 Å². The highest BCUT2D eigenvalue weighted by Gasteiger charge is 2.09. The molecule has 108 valence electrons. The molecule has 0 aliphatic rings. The van der Waals surface area contributed by atoms with Crippen molar-refractivity contribution in [1.82, 2.24) is 0 Å². The molecule has 0 fully saturated rings. The minimum Gasteiger partial charge on any atom is -0.389 e. The molecule has 1 aromatic carbocycles.